The predicted octanol–water partition coefficient (Wildman–Crippen LogP) is 2.59. The van der Waals surface area contributed by atoms with E-state index in [1.54, 1.807) is 13.0 Å². The van der Waals surface area contributed by atoms with E-state index in [9.17, 15) is 18.4 Å². The second-order valence-electron chi connectivity index (χ2n) is 8.72. The Bertz CT molecular complexity index is 1210. The number of anilines is 1. The first-order valence-electron chi connectivity index (χ1n) is 11.0. The summed E-state index contributed by atoms with van der Waals surface area (Å²) in [5.74, 6) is -0.711. The summed E-state index contributed by atoms with van der Waals surface area (Å²) in [7, 11) is 0. The van der Waals surface area contributed by atoms with Crippen LogP contribution in [0.15, 0.2) is 36.4 Å². The van der Waals surface area contributed by atoms with E-state index in [0.29, 0.717) is 5.69 Å². The number of likely N-dealkylation sites (tertiary alicyclic amines) is 1. The van der Waals surface area contributed by atoms with E-state index in [4.69, 9.17) is 0 Å². The lowest BCUT2D eigenvalue weighted by molar-refractivity contribution is -0.143. The Morgan fingerprint density at radius 2 is 1.94 bits per heavy atom. The lowest BCUT2D eigenvalue weighted by atomic mass is 9.69. The SMILES string of the molecule is Cc1ccc(NC(=O)C2(c3ccccc3C(C)C)CN(C(=O)Cc3nn[nH]n3)C2)c(OC(F)F)n1. The van der Waals surface area contributed by atoms with Crippen LogP contribution < -0.4 is 10.1 Å². The van der Waals surface area contributed by atoms with Crippen molar-refractivity contribution in [3.05, 3.63) is 59.0 Å². The first-order valence-corrected chi connectivity index (χ1v) is 11.0. The lowest BCUT2D eigenvalue weighted by Crippen LogP contribution is -2.67. The number of amides is 2. The number of carbonyl (C=O) groups is 2. The predicted molar refractivity (Wildman–Crippen MR) is 121 cm³/mol. The second kappa shape index (κ2) is 9.72. The van der Waals surface area contributed by atoms with Crippen LogP contribution in [0.4, 0.5) is 14.5 Å². The summed E-state index contributed by atoms with van der Waals surface area (Å²) in [6.07, 6.45) is -0.0612. The van der Waals surface area contributed by atoms with E-state index in [-0.39, 0.29) is 48.7 Å². The first kappa shape index (κ1) is 24.2. The number of ether oxygens (including phenoxy) is 1. The summed E-state index contributed by atoms with van der Waals surface area (Å²) in [6.45, 7) is 2.76. The van der Waals surface area contributed by atoms with Gasteiger partial charge in [0.15, 0.2) is 5.82 Å². The number of hydrogen-bond donors (Lipinski definition) is 2. The van der Waals surface area contributed by atoms with Gasteiger partial charge in [0, 0.05) is 18.8 Å². The summed E-state index contributed by atoms with van der Waals surface area (Å²) in [5, 5.41) is 16.1. The van der Waals surface area contributed by atoms with Crippen LogP contribution in [-0.2, 0) is 21.4 Å². The number of pyridine rings is 1. The summed E-state index contributed by atoms with van der Waals surface area (Å²) in [5.41, 5.74) is 1.12. The molecule has 0 unspecified atom stereocenters. The largest absolute Gasteiger partial charge is 0.415 e. The van der Waals surface area contributed by atoms with Crippen LogP contribution in [0.2, 0.25) is 0 Å². The number of tetrazole rings is 1. The standard InChI is InChI=1S/C23H25F2N7O3/c1-13(2)15-6-4-5-7-16(15)23(11-32(12-23)19(33)10-18-28-30-31-29-18)21(34)27-17-9-8-14(3)26-20(17)35-22(24)25/h4-9,13,22H,10-12H2,1-3H3,(H,27,34)(H,28,29,30,31). The average Bonchev–Trinajstić information content (AvgIpc) is 3.28. The number of nitrogens with zero attached hydrogens (tertiary/aromatic N) is 5. The minimum Gasteiger partial charge on any atom is -0.415 e. The van der Waals surface area contributed by atoms with Crippen molar-refractivity contribution in [2.24, 2.45) is 0 Å². The van der Waals surface area contributed by atoms with Crippen LogP contribution in [0.3, 0.4) is 0 Å². The molecule has 2 amide bonds. The normalized spacial score (nSPS) is 14.7. The molecule has 1 fully saturated rings. The number of aryl methyl sites for hydroxylation is 1. The fraction of sp³-hybridized carbons (Fsp3) is 0.391. The van der Waals surface area contributed by atoms with Crippen molar-refractivity contribution in [3.8, 4) is 5.88 Å². The third-order valence-corrected chi connectivity index (χ3v) is 5.95. The third kappa shape index (κ3) is 4.96. The number of hydrogen-bond acceptors (Lipinski definition) is 7. The number of aromatic amines is 1. The van der Waals surface area contributed by atoms with Gasteiger partial charge in [-0.15, -0.1) is 10.2 Å². The maximum atomic E-state index is 13.7. The number of benzene rings is 1. The molecule has 0 spiro atoms. The number of rotatable bonds is 8. The zero-order valence-corrected chi connectivity index (χ0v) is 19.5. The Labute approximate surface area is 200 Å². The molecule has 4 rings (SSSR count). The van der Waals surface area contributed by atoms with Gasteiger partial charge in [-0.1, -0.05) is 43.3 Å². The molecule has 1 aromatic carbocycles. The molecule has 0 saturated carbocycles. The average molecular weight is 485 g/mol. The van der Waals surface area contributed by atoms with E-state index >= 15 is 0 Å². The molecule has 1 aliphatic rings. The van der Waals surface area contributed by atoms with Crippen molar-refractivity contribution in [1.82, 2.24) is 30.5 Å². The van der Waals surface area contributed by atoms with Gasteiger partial charge < -0.3 is 15.0 Å². The zero-order chi connectivity index (χ0) is 25.2. The Morgan fingerprint density at radius 3 is 2.60 bits per heavy atom. The minimum atomic E-state index is -3.10. The Hall–Kier alpha value is -3.96. The molecule has 0 bridgehead atoms. The number of H-pyrrole nitrogens is 1. The minimum absolute atomic E-state index is 0.0267. The molecule has 3 aromatic rings. The Kier molecular flexibility index (Phi) is 6.72. The summed E-state index contributed by atoms with van der Waals surface area (Å²) in [4.78, 5) is 32.1. The van der Waals surface area contributed by atoms with Gasteiger partial charge in [0.05, 0.1) is 6.42 Å². The smallest absolute Gasteiger partial charge is 0.388 e. The highest BCUT2D eigenvalue weighted by Gasteiger charge is 2.53. The maximum absolute atomic E-state index is 13.7. The lowest BCUT2D eigenvalue weighted by Gasteiger charge is -2.50. The van der Waals surface area contributed by atoms with Gasteiger partial charge in [0.2, 0.25) is 17.7 Å². The first-order chi connectivity index (χ1) is 16.7. The zero-order valence-electron chi connectivity index (χ0n) is 19.5. The van der Waals surface area contributed by atoms with Crippen molar-refractivity contribution < 1.29 is 23.1 Å². The van der Waals surface area contributed by atoms with E-state index in [1.165, 1.54) is 11.0 Å². The van der Waals surface area contributed by atoms with Crippen molar-refractivity contribution in [1.29, 1.82) is 0 Å². The fourth-order valence-electron chi connectivity index (χ4n) is 4.20. The highest BCUT2D eigenvalue weighted by Crippen LogP contribution is 2.40. The van der Waals surface area contributed by atoms with Gasteiger partial charge in [-0.3, -0.25) is 9.59 Å². The van der Waals surface area contributed by atoms with E-state index in [2.05, 4.69) is 35.7 Å². The number of halogens is 2. The van der Waals surface area contributed by atoms with E-state index in [0.717, 1.165) is 11.1 Å². The summed E-state index contributed by atoms with van der Waals surface area (Å²) in [6, 6.07) is 10.6. The fourth-order valence-corrected chi connectivity index (χ4v) is 4.20. The molecular formula is C23H25F2N7O3. The maximum Gasteiger partial charge on any atom is 0.388 e. The third-order valence-electron chi connectivity index (χ3n) is 5.95. The van der Waals surface area contributed by atoms with Crippen LogP contribution in [0, 0.1) is 6.92 Å². The highest BCUT2D eigenvalue weighted by molar-refractivity contribution is 6.02. The van der Waals surface area contributed by atoms with Crippen molar-refractivity contribution in [2.75, 3.05) is 18.4 Å². The topological polar surface area (TPSA) is 126 Å². The highest BCUT2D eigenvalue weighted by atomic mass is 19.3. The van der Waals surface area contributed by atoms with E-state index < -0.39 is 17.9 Å². The van der Waals surface area contributed by atoms with Crippen LogP contribution >= 0.6 is 0 Å². The van der Waals surface area contributed by atoms with Gasteiger partial charge in [0.1, 0.15) is 11.1 Å². The van der Waals surface area contributed by atoms with Gasteiger partial charge in [-0.05, 0) is 36.1 Å². The van der Waals surface area contributed by atoms with Crippen LogP contribution in [0.25, 0.3) is 0 Å². The molecule has 184 valence electrons. The Morgan fingerprint density at radius 1 is 1.20 bits per heavy atom. The van der Waals surface area contributed by atoms with Crippen molar-refractivity contribution in [3.63, 3.8) is 0 Å². The van der Waals surface area contributed by atoms with Crippen LogP contribution in [-0.4, -0.2) is 62.0 Å². The number of nitrogens with one attached hydrogen (secondary N) is 2. The van der Waals surface area contributed by atoms with Gasteiger partial charge in [0.25, 0.3) is 0 Å². The Balaban J connectivity index is 1.65. The molecule has 3 heterocycles. The quantitative estimate of drug-likeness (QED) is 0.502. The monoisotopic (exact) mass is 485 g/mol. The van der Waals surface area contributed by atoms with Gasteiger partial charge >= 0.3 is 6.61 Å². The van der Waals surface area contributed by atoms with Crippen molar-refractivity contribution >= 4 is 17.5 Å². The molecule has 12 heteroatoms. The molecule has 2 aromatic heterocycles. The number of alkyl halides is 2. The van der Waals surface area contributed by atoms with Gasteiger partial charge in [-0.25, -0.2) is 4.98 Å². The molecule has 10 nitrogen and oxygen atoms in total. The number of aromatic nitrogens is 5. The summed E-state index contributed by atoms with van der Waals surface area (Å²) >= 11 is 0. The van der Waals surface area contributed by atoms with Crippen molar-refractivity contribution in [2.45, 2.75) is 45.1 Å². The molecule has 35 heavy (non-hydrogen) atoms. The molecule has 0 atom stereocenters. The molecule has 0 radical (unpaired) electrons. The summed E-state index contributed by atoms with van der Waals surface area (Å²) < 4.78 is 30.4. The molecule has 1 aliphatic heterocycles. The molecular weight excluding hydrogens is 460 g/mol. The van der Waals surface area contributed by atoms with Crippen LogP contribution in [0.1, 0.15) is 42.4 Å². The van der Waals surface area contributed by atoms with E-state index in [1.807, 2.05) is 38.1 Å². The molecule has 2 N–H and O–H groups in total. The van der Waals surface area contributed by atoms with Crippen LogP contribution in [0.5, 0.6) is 5.88 Å². The molecule has 1 saturated heterocycles. The van der Waals surface area contributed by atoms with Gasteiger partial charge in [-0.2, -0.15) is 14.0 Å². The second-order valence-corrected chi connectivity index (χ2v) is 8.72. The number of carbonyl (C=O) groups excluding carboxylic acids is 2. The molecule has 0 aliphatic carbocycles.